The summed E-state index contributed by atoms with van der Waals surface area (Å²) >= 11 is 0. The number of hydrogen-bond acceptors (Lipinski definition) is 6. The Morgan fingerprint density at radius 2 is 1.08 bits per heavy atom. The predicted molar refractivity (Wildman–Crippen MR) is 181 cm³/mol. The summed E-state index contributed by atoms with van der Waals surface area (Å²) in [5.41, 5.74) is 1.81. The summed E-state index contributed by atoms with van der Waals surface area (Å²) in [4.78, 5) is 42.0. The highest BCUT2D eigenvalue weighted by molar-refractivity contribution is 5.84. The molecule has 4 heterocycles. The molecular formula is C36H51F5N6O2. The van der Waals surface area contributed by atoms with Gasteiger partial charge in [-0.15, -0.1) is 0 Å². The van der Waals surface area contributed by atoms with Gasteiger partial charge in [0.1, 0.15) is 18.1 Å². The van der Waals surface area contributed by atoms with Gasteiger partial charge in [-0.05, 0) is 60.8 Å². The van der Waals surface area contributed by atoms with Gasteiger partial charge in [-0.25, -0.2) is 9.97 Å². The molecule has 0 aliphatic carbocycles. The number of alkyl halides is 5. The molecule has 4 rings (SSSR count). The van der Waals surface area contributed by atoms with Gasteiger partial charge >= 0.3 is 12.1 Å². The van der Waals surface area contributed by atoms with Gasteiger partial charge in [-0.1, -0.05) is 53.7 Å². The van der Waals surface area contributed by atoms with E-state index in [2.05, 4.69) is 51.5 Å². The minimum atomic E-state index is -4.69. The Kier molecular flexibility index (Phi) is 11.0. The van der Waals surface area contributed by atoms with Crippen LogP contribution in [0.4, 0.5) is 33.6 Å². The molecule has 2 aromatic rings. The lowest BCUT2D eigenvalue weighted by molar-refractivity contribution is -0.166. The fourth-order valence-corrected chi connectivity index (χ4v) is 6.93. The molecule has 2 saturated heterocycles. The van der Waals surface area contributed by atoms with Crippen LogP contribution in [0.2, 0.25) is 0 Å². The van der Waals surface area contributed by atoms with Crippen molar-refractivity contribution in [3.63, 3.8) is 0 Å². The van der Waals surface area contributed by atoms with Crippen LogP contribution in [0.5, 0.6) is 0 Å². The second kappa shape index (κ2) is 14.0. The van der Waals surface area contributed by atoms with Gasteiger partial charge in [0, 0.05) is 69.7 Å². The first kappa shape index (κ1) is 38.3. The second-order valence-electron chi connectivity index (χ2n) is 15.9. The van der Waals surface area contributed by atoms with Crippen LogP contribution in [0, 0.1) is 0 Å². The van der Waals surface area contributed by atoms with Crippen molar-refractivity contribution in [1.29, 1.82) is 0 Å². The van der Waals surface area contributed by atoms with Crippen LogP contribution in [0.25, 0.3) is 0 Å². The molecule has 272 valence electrons. The Bertz CT molecular complexity index is 1450. The van der Waals surface area contributed by atoms with Crippen LogP contribution in [-0.4, -0.2) is 94.0 Å². The molecular weight excluding hydrogens is 643 g/mol. The molecule has 13 heteroatoms. The fraction of sp³-hybridized carbons (Fsp3) is 0.667. The lowest BCUT2D eigenvalue weighted by Crippen LogP contribution is -2.63. The van der Waals surface area contributed by atoms with Gasteiger partial charge in [-0.3, -0.25) is 9.59 Å². The van der Waals surface area contributed by atoms with E-state index in [1.54, 1.807) is 26.2 Å². The van der Waals surface area contributed by atoms with Crippen molar-refractivity contribution in [2.45, 2.75) is 129 Å². The molecule has 2 fully saturated rings. The van der Waals surface area contributed by atoms with E-state index in [1.165, 1.54) is 9.80 Å². The Morgan fingerprint density at radius 1 is 0.673 bits per heavy atom. The summed E-state index contributed by atoms with van der Waals surface area (Å²) in [6.07, 6.45) is -2.34. The maximum absolute atomic E-state index is 14.5. The highest BCUT2D eigenvalue weighted by Gasteiger charge is 2.46. The quantitative estimate of drug-likeness (QED) is 0.292. The number of carbonyl (C=O) groups is 2. The summed E-state index contributed by atoms with van der Waals surface area (Å²) in [7, 11) is 0. The minimum Gasteiger partial charge on any atom is -0.353 e. The van der Waals surface area contributed by atoms with Crippen LogP contribution < -0.4 is 9.80 Å². The highest BCUT2D eigenvalue weighted by atomic mass is 19.4. The van der Waals surface area contributed by atoms with E-state index < -0.39 is 54.5 Å². The number of hydrogen-bond donors (Lipinski definition) is 0. The number of piperazine rings is 2. The molecule has 0 radical (unpaired) electrons. The van der Waals surface area contributed by atoms with Crippen molar-refractivity contribution in [3.8, 4) is 0 Å². The predicted octanol–water partition coefficient (Wildman–Crippen LogP) is 6.97. The fourth-order valence-electron chi connectivity index (χ4n) is 6.93. The Hall–Kier alpha value is -3.51. The van der Waals surface area contributed by atoms with Crippen molar-refractivity contribution in [2.24, 2.45) is 0 Å². The maximum atomic E-state index is 14.5. The van der Waals surface area contributed by atoms with E-state index in [1.807, 2.05) is 34.1 Å². The van der Waals surface area contributed by atoms with Gasteiger partial charge in [0.15, 0.2) is 0 Å². The van der Waals surface area contributed by atoms with Crippen LogP contribution in [0.3, 0.4) is 0 Å². The molecule has 4 unspecified atom stereocenters. The number of pyridine rings is 2. The Balaban J connectivity index is 1.64. The van der Waals surface area contributed by atoms with E-state index in [-0.39, 0.29) is 49.9 Å². The first-order chi connectivity index (χ1) is 22.5. The summed E-state index contributed by atoms with van der Waals surface area (Å²) in [6, 6.07) is 5.13. The van der Waals surface area contributed by atoms with E-state index in [0.29, 0.717) is 18.6 Å². The van der Waals surface area contributed by atoms with Crippen molar-refractivity contribution < 1.29 is 31.5 Å². The molecule has 4 atom stereocenters. The van der Waals surface area contributed by atoms with E-state index in [9.17, 15) is 31.5 Å². The summed E-state index contributed by atoms with van der Waals surface area (Å²) in [5, 5.41) is 0. The Morgan fingerprint density at radius 3 is 1.43 bits per heavy atom. The lowest BCUT2D eigenvalue weighted by Gasteiger charge is -2.49. The monoisotopic (exact) mass is 694 g/mol. The summed E-state index contributed by atoms with van der Waals surface area (Å²) in [6.45, 7) is 17.4. The van der Waals surface area contributed by atoms with Crippen molar-refractivity contribution in [2.75, 3.05) is 36.0 Å². The Labute approximate surface area is 287 Å². The molecule has 2 amide bonds. The highest BCUT2D eigenvalue weighted by Crippen LogP contribution is 2.33. The first-order valence-corrected chi connectivity index (χ1v) is 17.0. The first-order valence-electron chi connectivity index (χ1n) is 17.0. The number of carbonyl (C=O) groups excluding carboxylic acids is 2. The number of aromatic nitrogens is 2. The van der Waals surface area contributed by atoms with E-state index >= 15 is 0 Å². The molecule has 2 aliphatic rings. The number of nitrogens with zero attached hydrogens (tertiary/aromatic N) is 6. The smallest absolute Gasteiger partial charge is 0.353 e. The van der Waals surface area contributed by atoms with Gasteiger partial charge in [-0.2, -0.15) is 22.0 Å². The molecule has 49 heavy (non-hydrogen) atoms. The van der Waals surface area contributed by atoms with Crippen LogP contribution >= 0.6 is 0 Å². The van der Waals surface area contributed by atoms with Gasteiger partial charge in [0.25, 0.3) is 5.91 Å². The van der Waals surface area contributed by atoms with Gasteiger partial charge in [0.2, 0.25) is 5.91 Å². The average molecular weight is 695 g/mol. The zero-order valence-corrected chi connectivity index (χ0v) is 30.1. The molecule has 0 saturated carbocycles. The molecule has 0 N–H and O–H groups in total. The molecule has 0 bridgehead atoms. The summed E-state index contributed by atoms with van der Waals surface area (Å²) < 4.78 is 69.5. The standard InChI is InChI=1S/C36H51F5N6O2/c1-23-19-44(29-14-10-25(17-42-29)33(3,4)5)21-27(46(23)31(48)16-36(39,40)41)12-13-28-22-45(20-24(2)47(28)32(49)35(9,37)38)30-15-11-26(18-43-30)34(6,7)8/h10-11,14-15,17-18,23-24,27-28H,12-13,16,19-22H2,1-9H3. The number of anilines is 2. The van der Waals surface area contributed by atoms with Gasteiger partial charge in [0.05, 0.1) is 0 Å². The third-order valence-electron chi connectivity index (χ3n) is 9.53. The molecule has 0 spiro atoms. The number of halogens is 5. The molecule has 8 nitrogen and oxygen atoms in total. The molecule has 0 aromatic carbocycles. The second-order valence-corrected chi connectivity index (χ2v) is 15.9. The minimum absolute atomic E-state index is 0.121. The third kappa shape index (κ3) is 9.39. The molecule has 2 aromatic heterocycles. The van der Waals surface area contributed by atoms with E-state index in [4.69, 9.17) is 0 Å². The third-order valence-corrected chi connectivity index (χ3v) is 9.53. The number of rotatable bonds is 7. The van der Waals surface area contributed by atoms with Crippen molar-refractivity contribution in [1.82, 2.24) is 19.8 Å². The topological polar surface area (TPSA) is 72.9 Å². The van der Waals surface area contributed by atoms with Crippen LogP contribution in [-0.2, 0) is 20.4 Å². The lowest BCUT2D eigenvalue weighted by atomic mass is 9.88. The zero-order chi connectivity index (χ0) is 36.7. The zero-order valence-electron chi connectivity index (χ0n) is 30.1. The normalized spacial score (nSPS) is 22.8. The van der Waals surface area contributed by atoms with Crippen molar-refractivity contribution in [3.05, 3.63) is 47.8 Å². The summed E-state index contributed by atoms with van der Waals surface area (Å²) in [5.74, 6) is -4.67. The van der Waals surface area contributed by atoms with E-state index in [0.717, 1.165) is 11.1 Å². The van der Waals surface area contributed by atoms with Crippen LogP contribution in [0.15, 0.2) is 36.7 Å². The van der Waals surface area contributed by atoms with Gasteiger partial charge < -0.3 is 19.6 Å². The van der Waals surface area contributed by atoms with Crippen LogP contribution in [0.1, 0.15) is 92.7 Å². The number of amides is 2. The molecule has 2 aliphatic heterocycles. The average Bonchev–Trinajstić information content (AvgIpc) is 2.97. The van der Waals surface area contributed by atoms with Crippen molar-refractivity contribution >= 4 is 23.5 Å². The SMILES string of the molecule is CC1CN(c2ccc(C(C)(C)C)cn2)CC(CCC2CN(c3ccc(C(C)(C)C)cn3)CC(C)N2C(=O)C(C)(F)F)N1C(=O)CC(F)(F)F. The largest absolute Gasteiger partial charge is 0.397 e. The maximum Gasteiger partial charge on any atom is 0.397 e.